The van der Waals surface area contributed by atoms with Crippen molar-refractivity contribution in [1.29, 1.82) is 0 Å². The van der Waals surface area contributed by atoms with Crippen molar-refractivity contribution in [3.05, 3.63) is 41.5 Å². The van der Waals surface area contributed by atoms with Gasteiger partial charge in [-0.25, -0.2) is 4.79 Å². The number of carbonyl (C=O) groups is 1. The number of benzene rings is 1. The van der Waals surface area contributed by atoms with Crippen LogP contribution in [0.4, 0.5) is 0 Å². The van der Waals surface area contributed by atoms with Gasteiger partial charge in [0.2, 0.25) is 0 Å². The third-order valence-electron chi connectivity index (χ3n) is 2.42. The van der Waals surface area contributed by atoms with Crippen molar-refractivity contribution in [2.24, 2.45) is 5.92 Å². The van der Waals surface area contributed by atoms with Gasteiger partial charge in [-0.1, -0.05) is 51.1 Å². The van der Waals surface area contributed by atoms with Gasteiger partial charge in [-0.3, -0.25) is 0 Å². The van der Waals surface area contributed by atoms with Crippen molar-refractivity contribution in [3.8, 4) is 0 Å². The summed E-state index contributed by atoms with van der Waals surface area (Å²) in [5.41, 5.74) is 1.76. The van der Waals surface area contributed by atoms with Gasteiger partial charge < -0.3 is 4.74 Å². The minimum atomic E-state index is -0.203. The average molecular weight is 232 g/mol. The molecule has 0 saturated carbocycles. The molecule has 1 aromatic carbocycles. The van der Waals surface area contributed by atoms with Gasteiger partial charge in [0.25, 0.3) is 0 Å². The van der Waals surface area contributed by atoms with E-state index in [9.17, 15) is 4.79 Å². The van der Waals surface area contributed by atoms with Gasteiger partial charge in [0.1, 0.15) is 0 Å². The zero-order chi connectivity index (χ0) is 12.7. The van der Waals surface area contributed by atoms with E-state index < -0.39 is 0 Å². The minimum Gasteiger partial charge on any atom is -0.462 e. The Bertz CT molecular complexity index is 377. The molecule has 0 spiro atoms. The van der Waals surface area contributed by atoms with Gasteiger partial charge >= 0.3 is 5.97 Å². The lowest BCUT2D eigenvalue weighted by molar-refractivity contribution is -0.139. The molecule has 0 saturated heterocycles. The molecule has 0 radical (unpaired) electrons. The largest absolute Gasteiger partial charge is 0.462 e. The maximum atomic E-state index is 11.9. The molecule has 0 aromatic heterocycles. The second kappa shape index (κ2) is 6.89. The van der Waals surface area contributed by atoms with Crippen molar-refractivity contribution in [1.82, 2.24) is 0 Å². The number of hydrogen-bond donors (Lipinski definition) is 0. The Morgan fingerprint density at radius 3 is 2.47 bits per heavy atom. The van der Waals surface area contributed by atoms with E-state index in [1.54, 1.807) is 0 Å². The van der Waals surface area contributed by atoms with E-state index in [4.69, 9.17) is 4.74 Å². The van der Waals surface area contributed by atoms with Crippen LogP contribution in [0.1, 0.15) is 32.8 Å². The van der Waals surface area contributed by atoms with Crippen molar-refractivity contribution >= 4 is 12.0 Å². The standard InChI is InChI=1S/C15H20O2/c1-4-10-17-15(16)14(12(2)3)11-13-8-6-5-7-9-13/h5-9,11-12H,4,10H2,1-3H3. The molecule has 1 aromatic rings. The minimum absolute atomic E-state index is 0.166. The lowest BCUT2D eigenvalue weighted by Crippen LogP contribution is -2.12. The summed E-state index contributed by atoms with van der Waals surface area (Å²) in [6.07, 6.45) is 2.76. The third kappa shape index (κ3) is 4.43. The second-order valence-electron chi connectivity index (χ2n) is 4.30. The molecule has 0 heterocycles. The van der Waals surface area contributed by atoms with Gasteiger partial charge in [0.05, 0.1) is 6.61 Å². The highest BCUT2D eigenvalue weighted by atomic mass is 16.5. The van der Waals surface area contributed by atoms with Crippen LogP contribution in [0.2, 0.25) is 0 Å². The normalized spacial score (nSPS) is 11.6. The van der Waals surface area contributed by atoms with Gasteiger partial charge in [0.15, 0.2) is 0 Å². The Hall–Kier alpha value is -1.57. The highest BCUT2D eigenvalue weighted by Crippen LogP contribution is 2.16. The Labute approximate surface area is 103 Å². The van der Waals surface area contributed by atoms with E-state index in [1.807, 2.05) is 57.2 Å². The molecule has 17 heavy (non-hydrogen) atoms. The molecule has 0 aliphatic heterocycles. The highest BCUT2D eigenvalue weighted by molar-refractivity contribution is 5.94. The topological polar surface area (TPSA) is 26.3 Å². The molecule has 2 nitrogen and oxygen atoms in total. The third-order valence-corrected chi connectivity index (χ3v) is 2.42. The summed E-state index contributed by atoms with van der Waals surface area (Å²) in [6, 6.07) is 9.84. The van der Waals surface area contributed by atoms with E-state index in [1.165, 1.54) is 0 Å². The number of carbonyl (C=O) groups excluding carboxylic acids is 1. The smallest absolute Gasteiger partial charge is 0.334 e. The van der Waals surface area contributed by atoms with Gasteiger partial charge in [-0.05, 0) is 24.0 Å². The molecule has 0 N–H and O–H groups in total. The summed E-state index contributed by atoms with van der Waals surface area (Å²) in [4.78, 5) is 11.9. The molecule has 1 rings (SSSR count). The summed E-state index contributed by atoms with van der Waals surface area (Å²) in [5.74, 6) is -0.0368. The highest BCUT2D eigenvalue weighted by Gasteiger charge is 2.14. The van der Waals surface area contributed by atoms with Crippen molar-refractivity contribution < 1.29 is 9.53 Å². The molecule has 0 amide bonds. The zero-order valence-electron chi connectivity index (χ0n) is 10.8. The second-order valence-corrected chi connectivity index (χ2v) is 4.30. The molecule has 0 bridgehead atoms. The van der Waals surface area contributed by atoms with Gasteiger partial charge in [0, 0.05) is 5.57 Å². The molecule has 2 heteroatoms. The van der Waals surface area contributed by atoms with Crippen LogP contribution in [0.5, 0.6) is 0 Å². The molecular weight excluding hydrogens is 212 g/mol. The predicted molar refractivity (Wildman–Crippen MR) is 70.5 cm³/mol. The van der Waals surface area contributed by atoms with Gasteiger partial charge in [-0.2, -0.15) is 0 Å². The fourth-order valence-corrected chi connectivity index (χ4v) is 1.47. The van der Waals surface area contributed by atoms with Crippen LogP contribution in [0.25, 0.3) is 6.08 Å². The number of hydrogen-bond acceptors (Lipinski definition) is 2. The van der Waals surface area contributed by atoms with Crippen LogP contribution < -0.4 is 0 Å². The Morgan fingerprint density at radius 1 is 1.29 bits per heavy atom. The fourth-order valence-electron chi connectivity index (χ4n) is 1.47. The quantitative estimate of drug-likeness (QED) is 0.572. The van der Waals surface area contributed by atoms with Crippen molar-refractivity contribution in [2.75, 3.05) is 6.61 Å². The van der Waals surface area contributed by atoms with Crippen LogP contribution in [0.15, 0.2) is 35.9 Å². The van der Waals surface area contributed by atoms with E-state index in [2.05, 4.69) is 0 Å². The van der Waals surface area contributed by atoms with Crippen LogP contribution in [-0.2, 0) is 9.53 Å². The van der Waals surface area contributed by atoms with E-state index in [0.717, 1.165) is 17.6 Å². The van der Waals surface area contributed by atoms with E-state index >= 15 is 0 Å². The first-order valence-electron chi connectivity index (χ1n) is 6.09. The van der Waals surface area contributed by atoms with E-state index in [-0.39, 0.29) is 11.9 Å². The first-order valence-corrected chi connectivity index (χ1v) is 6.09. The molecular formula is C15H20O2. The maximum Gasteiger partial charge on any atom is 0.334 e. The zero-order valence-corrected chi connectivity index (χ0v) is 10.8. The number of ether oxygens (including phenoxy) is 1. The molecule has 92 valence electrons. The predicted octanol–water partition coefficient (Wildman–Crippen LogP) is 3.68. The Morgan fingerprint density at radius 2 is 1.94 bits per heavy atom. The summed E-state index contributed by atoms with van der Waals surface area (Å²) in [6.45, 7) is 6.48. The first kappa shape index (κ1) is 13.5. The summed E-state index contributed by atoms with van der Waals surface area (Å²) < 4.78 is 5.18. The average Bonchev–Trinajstić information content (AvgIpc) is 2.34. The maximum absolute atomic E-state index is 11.9. The first-order chi connectivity index (χ1) is 8.15. The monoisotopic (exact) mass is 232 g/mol. The van der Waals surface area contributed by atoms with Crippen LogP contribution in [0, 0.1) is 5.92 Å². The Balaban J connectivity index is 2.86. The molecule has 0 aliphatic carbocycles. The van der Waals surface area contributed by atoms with Crippen molar-refractivity contribution in [2.45, 2.75) is 27.2 Å². The number of esters is 1. The van der Waals surface area contributed by atoms with Crippen LogP contribution in [-0.4, -0.2) is 12.6 Å². The lowest BCUT2D eigenvalue weighted by atomic mass is 10.0. The molecule has 0 unspecified atom stereocenters. The number of rotatable bonds is 5. The summed E-state index contributed by atoms with van der Waals surface area (Å²) in [7, 11) is 0. The Kier molecular flexibility index (Phi) is 5.47. The molecule has 0 fully saturated rings. The SMILES string of the molecule is CCCOC(=O)C(=Cc1ccccc1)C(C)C. The lowest BCUT2D eigenvalue weighted by Gasteiger charge is -2.10. The van der Waals surface area contributed by atoms with Gasteiger partial charge in [-0.15, -0.1) is 0 Å². The van der Waals surface area contributed by atoms with Crippen LogP contribution >= 0.6 is 0 Å². The summed E-state index contributed by atoms with van der Waals surface area (Å²) >= 11 is 0. The molecule has 0 atom stereocenters. The fraction of sp³-hybridized carbons (Fsp3) is 0.400. The van der Waals surface area contributed by atoms with Crippen molar-refractivity contribution in [3.63, 3.8) is 0 Å². The van der Waals surface area contributed by atoms with E-state index in [0.29, 0.717) is 6.61 Å². The van der Waals surface area contributed by atoms with Crippen LogP contribution in [0.3, 0.4) is 0 Å². The molecule has 0 aliphatic rings. The summed E-state index contributed by atoms with van der Waals surface area (Å²) in [5, 5.41) is 0.